The third kappa shape index (κ3) is 8.35. The Hall–Kier alpha value is -1.38. The summed E-state index contributed by atoms with van der Waals surface area (Å²) in [6.45, 7) is 18.0. The normalized spacial score (nSPS) is 15.2. The van der Waals surface area contributed by atoms with Gasteiger partial charge in [0.15, 0.2) is 0 Å². The van der Waals surface area contributed by atoms with Gasteiger partial charge in [0, 0.05) is 12.0 Å². The second-order valence-electron chi connectivity index (χ2n) is 4.94. The van der Waals surface area contributed by atoms with Gasteiger partial charge in [-0.3, -0.25) is 0 Å². The van der Waals surface area contributed by atoms with E-state index >= 15 is 0 Å². The zero-order chi connectivity index (χ0) is 14.9. The van der Waals surface area contributed by atoms with Gasteiger partial charge >= 0.3 is 0 Å². The molecule has 0 heterocycles. The Morgan fingerprint density at radius 1 is 0.895 bits per heavy atom. The molecule has 0 aromatic carbocycles. The van der Waals surface area contributed by atoms with Crippen molar-refractivity contribution in [1.82, 2.24) is 0 Å². The fourth-order valence-corrected chi connectivity index (χ4v) is 1.58. The van der Waals surface area contributed by atoms with Crippen LogP contribution in [0, 0.1) is 5.41 Å². The van der Waals surface area contributed by atoms with Crippen LogP contribution in [0.25, 0.3) is 0 Å². The van der Waals surface area contributed by atoms with Gasteiger partial charge < -0.3 is 4.43 Å². The largest absolute Gasteiger partial charge is 0.417 e. The number of rotatable bonds is 8. The van der Waals surface area contributed by atoms with Crippen molar-refractivity contribution in [3.8, 4) is 0 Å². The van der Waals surface area contributed by atoms with E-state index in [0.29, 0.717) is 6.61 Å². The smallest absolute Gasteiger partial charge is 0.246 e. The van der Waals surface area contributed by atoms with E-state index < -0.39 is 0 Å². The Morgan fingerprint density at radius 3 is 1.42 bits per heavy atom. The molecular weight excluding hydrogens is 248 g/mol. The molecule has 0 fully saturated rings. The first-order chi connectivity index (χ1) is 8.81. The predicted octanol–water partition coefficient (Wildman–Crippen LogP) is 4.47. The molecular formula is C17H23OSi. The van der Waals surface area contributed by atoms with Gasteiger partial charge in [-0.05, 0) is 20.8 Å². The molecule has 19 heavy (non-hydrogen) atoms. The van der Waals surface area contributed by atoms with Gasteiger partial charge in [0.2, 0.25) is 10.5 Å². The maximum absolute atomic E-state index is 5.17. The zero-order valence-corrected chi connectivity index (χ0v) is 13.2. The summed E-state index contributed by atoms with van der Waals surface area (Å²) in [5, 5.41) is 0. The average Bonchev–Trinajstić information content (AvgIpc) is 2.31. The highest BCUT2D eigenvalue weighted by Crippen LogP contribution is 2.26. The standard InChI is InChI=1S/C17H23OSi/c1-14(2)7-10-17(13-18-19,11-8-15(3)4)12-9-16(5)6/h7-12H,1,3,5,13H2,2,4,6H3. The maximum atomic E-state index is 5.17. The summed E-state index contributed by atoms with van der Waals surface area (Å²) >= 11 is 0. The van der Waals surface area contributed by atoms with Crippen LogP contribution in [-0.4, -0.2) is 17.1 Å². The average molecular weight is 271 g/mol. The molecule has 0 aliphatic carbocycles. The van der Waals surface area contributed by atoms with Crippen molar-refractivity contribution in [2.75, 3.05) is 6.61 Å². The minimum atomic E-state index is -0.349. The predicted molar refractivity (Wildman–Crippen MR) is 86.0 cm³/mol. The van der Waals surface area contributed by atoms with Crippen LogP contribution in [0.15, 0.2) is 72.9 Å². The van der Waals surface area contributed by atoms with Crippen LogP contribution in [0.1, 0.15) is 20.8 Å². The van der Waals surface area contributed by atoms with Crippen molar-refractivity contribution in [3.63, 3.8) is 0 Å². The summed E-state index contributed by atoms with van der Waals surface area (Å²) in [4.78, 5) is 0. The van der Waals surface area contributed by atoms with E-state index in [4.69, 9.17) is 4.43 Å². The number of allylic oxidation sites excluding steroid dienone is 6. The first-order valence-electron chi connectivity index (χ1n) is 6.14. The van der Waals surface area contributed by atoms with Gasteiger partial charge in [0.05, 0.1) is 0 Å². The Labute approximate surface area is 121 Å². The summed E-state index contributed by atoms with van der Waals surface area (Å²) in [5.41, 5.74) is 2.63. The molecule has 1 nitrogen and oxygen atoms in total. The molecule has 101 valence electrons. The lowest BCUT2D eigenvalue weighted by Gasteiger charge is -2.23. The molecule has 0 spiro atoms. The van der Waals surface area contributed by atoms with Gasteiger partial charge in [0.1, 0.15) is 0 Å². The summed E-state index contributed by atoms with van der Waals surface area (Å²) in [5.74, 6) is 0. The van der Waals surface area contributed by atoms with Crippen molar-refractivity contribution < 1.29 is 4.43 Å². The van der Waals surface area contributed by atoms with Crippen LogP contribution in [0.4, 0.5) is 0 Å². The Balaban J connectivity index is 5.50. The van der Waals surface area contributed by atoms with Crippen LogP contribution >= 0.6 is 0 Å². The van der Waals surface area contributed by atoms with E-state index in [1.165, 1.54) is 0 Å². The summed E-state index contributed by atoms with van der Waals surface area (Å²) in [6, 6.07) is 0. The first-order valence-corrected chi connectivity index (χ1v) is 6.55. The van der Waals surface area contributed by atoms with E-state index in [2.05, 4.69) is 48.5 Å². The highest BCUT2D eigenvalue weighted by Gasteiger charge is 2.20. The van der Waals surface area contributed by atoms with E-state index in [1.54, 1.807) is 0 Å². The highest BCUT2D eigenvalue weighted by atomic mass is 28.2. The second-order valence-corrected chi connectivity index (χ2v) is 5.23. The van der Waals surface area contributed by atoms with Crippen LogP contribution in [0.3, 0.4) is 0 Å². The second kappa shape index (κ2) is 8.67. The lowest BCUT2D eigenvalue weighted by Crippen LogP contribution is -2.19. The molecule has 0 rings (SSSR count). The van der Waals surface area contributed by atoms with Crippen molar-refractivity contribution in [2.45, 2.75) is 20.8 Å². The fourth-order valence-electron chi connectivity index (χ4n) is 1.33. The Morgan fingerprint density at radius 2 is 1.21 bits per heavy atom. The lowest BCUT2D eigenvalue weighted by atomic mass is 9.86. The quantitative estimate of drug-likeness (QED) is 0.467. The highest BCUT2D eigenvalue weighted by molar-refractivity contribution is 5.98. The number of hydrogen-bond donors (Lipinski definition) is 0. The third-order valence-corrected chi connectivity index (χ3v) is 2.50. The molecule has 0 N–H and O–H groups in total. The number of hydrogen-bond acceptors (Lipinski definition) is 1. The third-order valence-electron chi connectivity index (χ3n) is 2.36. The molecule has 2 heteroatoms. The summed E-state index contributed by atoms with van der Waals surface area (Å²) < 4.78 is 5.17. The van der Waals surface area contributed by atoms with Gasteiger partial charge in [-0.25, -0.2) is 0 Å². The van der Waals surface area contributed by atoms with Crippen molar-refractivity contribution in [3.05, 3.63) is 72.9 Å². The lowest BCUT2D eigenvalue weighted by molar-refractivity contribution is 0.283. The molecule has 0 amide bonds. The van der Waals surface area contributed by atoms with Crippen molar-refractivity contribution >= 4 is 10.5 Å². The summed E-state index contributed by atoms with van der Waals surface area (Å²) in [6.07, 6.45) is 12.1. The monoisotopic (exact) mass is 271 g/mol. The molecule has 0 saturated carbocycles. The van der Waals surface area contributed by atoms with Crippen LogP contribution < -0.4 is 0 Å². The topological polar surface area (TPSA) is 9.23 Å². The Kier molecular flexibility index (Phi) is 8.04. The molecule has 3 radical (unpaired) electrons. The molecule has 0 aromatic heterocycles. The summed E-state index contributed by atoms with van der Waals surface area (Å²) in [7, 11) is 3.09. The van der Waals surface area contributed by atoms with E-state index in [1.807, 2.05) is 39.0 Å². The molecule has 0 atom stereocenters. The molecule has 0 aromatic rings. The molecule has 0 saturated heterocycles. The van der Waals surface area contributed by atoms with Crippen LogP contribution in [0.2, 0.25) is 0 Å². The minimum Gasteiger partial charge on any atom is -0.417 e. The van der Waals surface area contributed by atoms with E-state index in [-0.39, 0.29) is 5.41 Å². The molecule has 0 bridgehead atoms. The Bertz CT molecular complexity index is 365. The first kappa shape index (κ1) is 17.6. The van der Waals surface area contributed by atoms with Gasteiger partial charge in [0.25, 0.3) is 0 Å². The molecule has 0 aliphatic rings. The van der Waals surface area contributed by atoms with Gasteiger partial charge in [-0.1, -0.05) is 72.9 Å². The van der Waals surface area contributed by atoms with Crippen molar-refractivity contribution in [2.24, 2.45) is 5.41 Å². The fraction of sp³-hybridized carbons (Fsp3) is 0.294. The zero-order valence-electron chi connectivity index (χ0n) is 12.2. The molecule has 0 unspecified atom stereocenters. The van der Waals surface area contributed by atoms with E-state index in [0.717, 1.165) is 16.7 Å². The van der Waals surface area contributed by atoms with Crippen LogP contribution in [0.5, 0.6) is 0 Å². The maximum Gasteiger partial charge on any atom is 0.246 e. The molecule has 0 aliphatic heterocycles. The van der Waals surface area contributed by atoms with Crippen molar-refractivity contribution in [1.29, 1.82) is 0 Å². The SMILES string of the molecule is C=C(C)C=CC(C=CC(=C)C)(C=CC(=C)C)CO[Si]. The van der Waals surface area contributed by atoms with Crippen LogP contribution in [-0.2, 0) is 4.43 Å². The minimum absolute atomic E-state index is 0.349. The van der Waals surface area contributed by atoms with Gasteiger partial charge in [-0.2, -0.15) is 0 Å². The van der Waals surface area contributed by atoms with Gasteiger partial charge in [-0.15, -0.1) is 0 Å². The van der Waals surface area contributed by atoms with E-state index in [9.17, 15) is 0 Å².